The lowest BCUT2D eigenvalue weighted by Gasteiger charge is -2.08. The van der Waals surface area contributed by atoms with Gasteiger partial charge >= 0.3 is 5.97 Å². The number of carbonyl (C=O) groups excluding carboxylic acids is 1. The summed E-state index contributed by atoms with van der Waals surface area (Å²) in [6.45, 7) is 0.363. The Labute approximate surface area is 119 Å². The largest absolute Gasteiger partial charge is 0.478 e. The van der Waals surface area contributed by atoms with Gasteiger partial charge in [-0.1, -0.05) is 16.8 Å². The van der Waals surface area contributed by atoms with Gasteiger partial charge in [0.25, 0.3) is 0 Å². The summed E-state index contributed by atoms with van der Waals surface area (Å²) in [5.41, 5.74) is 0.164. The van der Waals surface area contributed by atoms with Gasteiger partial charge < -0.3 is 10.4 Å². The highest BCUT2D eigenvalue weighted by Crippen LogP contribution is 2.20. The molecule has 0 unspecified atom stereocenters. The Kier molecular flexibility index (Phi) is 4.31. The molecule has 1 aromatic heterocycles. The van der Waals surface area contributed by atoms with Crippen LogP contribution in [0.15, 0.2) is 30.6 Å². The number of hydrogen-bond donors (Lipinski definition) is 2. The quantitative estimate of drug-likeness (QED) is 0.874. The third-order valence-corrected chi connectivity index (χ3v) is 2.76. The van der Waals surface area contributed by atoms with Crippen molar-refractivity contribution in [3.8, 4) is 0 Å². The summed E-state index contributed by atoms with van der Waals surface area (Å²) >= 11 is 5.73. The maximum atomic E-state index is 11.8. The molecule has 1 heterocycles. The molecule has 0 spiro atoms. The number of nitrogens with zero attached hydrogens (tertiary/aromatic N) is 3. The Morgan fingerprint density at radius 3 is 2.85 bits per heavy atom. The van der Waals surface area contributed by atoms with E-state index in [0.29, 0.717) is 11.6 Å². The molecule has 2 N–H and O–H groups in total. The molecule has 0 aliphatic heterocycles. The third-order valence-electron chi connectivity index (χ3n) is 2.53. The maximum absolute atomic E-state index is 11.8. The number of benzene rings is 1. The summed E-state index contributed by atoms with van der Waals surface area (Å²) in [6.07, 6.45) is 3.31. The molecule has 1 amide bonds. The van der Waals surface area contributed by atoms with Crippen molar-refractivity contribution in [3.05, 3.63) is 41.2 Å². The van der Waals surface area contributed by atoms with Gasteiger partial charge in [-0.2, -0.15) is 0 Å². The van der Waals surface area contributed by atoms with E-state index >= 15 is 0 Å². The lowest BCUT2D eigenvalue weighted by atomic mass is 10.1. The fourth-order valence-corrected chi connectivity index (χ4v) is 1.76. The van der Waals surface area contributed by atoms with Crippen molar-refractivity contribution < 1.29 is 14.7 Å². The highest BCUT2D eigenvalue weighted by molar-refractivity contribution is 6.31. The molecule has 7 nitrogen and oxygen atoms in total. The van der Waals surface area contributed by atoms with E-state index in [4.69, 9.17) is 16.7 Å². The Morgan fingerprint density at radius 2 is 2.20 bits per heavy atom. The predicted molar refractivity (Wildman–Crippen MR) is 71.7 cm³/mol. The predicted octanol–water partition coefficient (Wildman–Crippen LogP) is 1.66. The number of carbonyl (C=O) groups is 2. The molecule has 2 aromatic rings. The minimum Gasteiger partial charge on any atom is -0.478 e. The first-order chi connectivity index (χ1) is 9.56. The number of carboxylic acid groups (broad SMARTS) is 1. The number of aryl methyl sites for hydroxylation is 1. The normalized spacial score (nSPS) is 10.2. The van der Waals surface area contributed by atoms with Crippen LogP contribution in [0, 0.1) is 0 Å². The molecule has 1 aromatic carbocycles. The zero-order chi connectivity index (χ0) is 14.5. The van der Waals surface area contributed by atoms with Crippen molar-refractivity contribution >= 4 is 29.2 Å². The highest BCUT2D eigenvalue weighted by Gasteiger charge is 2.13. The van der Waals surface area contributed by atoms with Crippen molar-refractivity contribution in [1.29, 1.82) is 0 Å². The zero-order valence-electron chi connectivity index (χ0n) is 10.3. The van der Waals surface area contributed by atoms with Gasteiger partial charge in [0.1, 0.15) is 0 Å². The van der Waals surface area contributed by atoms with Crippen LogP contribution in [0.3, 0.4) is 0 Å². The minimum absolute atomic E-state index is 0.0494. The molecule has 0 aliphatic carbocycles. The Bertz CT molecular complexity index is 628. The summed E-state index contributed by atoms with van der Waals surface area (Å²) < 4.78 is 1.51. The molecule has 104 valence electrons. The monoisotopic (exact) mass is 294 g/mol. The number of aromatic nitrogens is 3. The average molecular weight is 295 g/mol. The number of anilines is 1. The highest BCUT2D eigenvalue weighted by atomic mass is 35.5. The molecule has 0 bridgehead atoms. The molecular formula is C12H11ClN4O3. The fraction of sp³-hybridized carbons (Fsp3) is 0.167. The zero-order valence-corrected chi connectivity index (χ0v) is 11.0. The Morgan fingerprint density at radius 1 is 1.40 bits per heavy atom. The van der Waals surface area contributed by atoms with Crippen LogP contribution >= 0.6 is 11.6 Å². The molecule has 0 fully saturated rings. The van der Waals surface area contributed by atoms with Gasteiger partial charge in [0, 0.05) is 17.6 Å². The minimum atomic E-state index is -1.15. The van der Waals surface area contributed by atoms with E-state index in [1.54, 1.807) is 6.20 Å². The molecule has 8 heteroatoms. The lowest BCUT2D eigenvalue weighted by Crippen LogP contribution is -2.17. The van der Waals surface area contributed by atoms with Crippen LogP contribution in [0.1, 0.15) is 16.8 Å². The topological polar surface area (TPSA) is 97.1 Å². The lowest BCUT2D eigenvalue weighted by molar-refractivity contribution is -0.116. The number of aromatic carboxylic acids is 1. The molecule has 0 atom stereocenters. The summed E-state index contributed by atoms with van der Waals surface area (Å²) in [7, 11) is 0. The number of halogens is 1. The van der Waals surface area contributed by atoms with E-state index in [0.717, 1.165) is 0 Å². The van der Waals surface area contributed by atoms with Crippen molar-refractivity contribution in [2.45, 2.75) is 13.0 Å². The van der Waals surface area contributed by atoms with Gasteiger partial charge in [-0.05, 0) is 18.2 Å². The first kappa shape index (κ1) is 14.0. The van der Waals surface area contributed by atoms with Crippen LogP contribution < -0.4 is 5.32 Å². The molecular weight excluding hydrogens is 284 g/mol. The van der Waals surface area contributed by atoms with Crippen LogP contribution in [0.5, 0.6) is 0 Å². The van der Waals surface area contributed by atoms with E-state index in [-0.39, 0.29) is 23.6 Å². The number of carboxylic acids is 1. The van der Waals surface area contributed by atoms with Gasteiger partial charge in [0.15, 0.2) is 0 Å². The van der Waals surface area contributed by atoms with Crippen LogP contribution in [0.2, 0.25) is 5.02 Å². The number of nitrogens with one attached hydrogen (secondary N) is 1. The second-order valence-electron chi connectivity index (χ2n) is 3.96. The molecule has 0 aliphatic rings. The molecule has 0 saturated carbocycles. The number of amides is 1. The number of hydrogen-bond acceptors (Lipinski definition) is 4. The number of rotatable bonds is 5. The average Bonchev–Trinajstić information content (AvgIpc) is 2.91. The van der Waals surface area contributed by atoms with E-state index in [1.165, 1.54) is 29.1 Å². The maximum Gasteiger partial charge on any atom is 0.337 e. The molecule has 0 radical (unpaired) electrons. The van der Waals surface area contributed by atoms with E-state index in [1.807, 2.05) is 0 Å². The van der Waals surface area contributed by atoms with E-state index in [9.17, 15) is 9.59 Å². The van der Waals surface area contributed by atoms with Crippen molar-refractivity contribution in [2.75, 3.05) is 5.32 Å². The van der Waals surface area contributed by atoms with Gasteiger partial charge in [0.05, 0.1) is 24.0 Å². The van der Waals surface area contributed by atoms with Crippen molar-refractivity contribution in [2.24, 2.45) is 0 Å². The first-order valence-electron chi connectivity index (χ1n) is 5.73. The van der Waals surface area contributed by atoms with Crippen molar-refractivity contribution in [3.63, 3.8) is 0 Å². The summed E-state index contributed by atoms with van der Waals surface area (Å²) in [5.74, 6) is -1.47. The van der Waals surface area contributed by atoms with Gasteiger partial charge in [0.2, 0.25) is 5.91 Å². The standard InChI is InChI=1S/C12H11ClN4O3/c13-8-1-2-10(9(7-8)12(19)20)15-11(18)3-5-17-6-4-14-16-17/h1-2,4,6-7H,3,5H2,(H,15,18)(H,19,20). The summed E-state index contributed by atoms with van der Waals surface area (Å²) in [4.78, 5) is 22.8. The van der Waals surface area contributed by atoms with Crippen LogP contribution in [0.4, 0.5) is 5.69 Å². The SMILES string of the molecule is O=C(CCn1ccnn1)Nc1ccc(Cl)cc1C(=O)O. The van der Waals surface area contributed by atoms with Gasteiger partial charge in [-0.3, -0.25) is 9.48 Å². The second-order valence-corrected chi connectivity index (χ2v) is 4.40. The summed E-state index contributed by atoms with van der Waals surface area (Å²) in [6, 6.07) is 4.26. The third kappa shape index (κ3) is 3.55. The van der Waals surface area contributed by atoms with Crippen LogP contribution in [0.25, 0.3) is 0 Å². The van der Waals surface area contributed by atoms with Crippen molar-refractivity contribution in [1.82, 2.24) is 15.0 Å². The van der Waals surface area contributed by atoms with E-state index < -0.39 is 5.97 Å². The second kappa shape index (κ2) is 6.16. The van der Waals surface area contributed by atoms with Gasteiger partial charge in [-0.25, -0.2) is 4.79 Å². The fourth-order valence-electron chi connectivity index (χ4n) is 1.58. The Hall–Kier alpha value is -2.41. The van der Waals surface area contributed by atoms with E-state index in [2.05, 4.69) is 15.6 Å². The van der Waals surface area contributed by atoms with Gasteiger partial charge in [-0.15, -0.1) is 5.10 Å². The molecule has 2 rings (SSSR count). The molecule has 20 heavy (non-hydrogen) atoms. The molecule has 0 saturated heterocycles. The Balaban J connectivity index is 2.02. The van der Waals surface area contributed by atoms with Crippen LogP contribution in [-0.4, -0.2) is 32.0 Å². The van der Waals surface area contributed by atoms with Crippen LogP contribution in [-0.2, 0) is 11.3 Å². The summed E-state index contributed by atoms with van der Waals surface area (Å²) in [5, 5.41) is 19.2. The first-order valence-corrected chi connectivity index (χ1v) is 6.11. The smallest absolute Gasteiger partial charge is 0.337 e.